The van der Waals surface area contributed by atoms with Gasteiger partial charge in [0, 0.05) is 13.1 Å². The lowest BCUT2D eigenvalue weighted by Crippen LogP contribution is -2.33. The van der Waals surface area contributed by atoms with Crippen LogP contribution in [-0.4, -0.2) is 33.3 Å². The molecular formula is C15H15ClFN3O3. The molecule has 0 aliphatic heterocycles. The zero-order chi connectivity index (χ0) is 17.0. The third-order valence-electron chi connectivity index (χ3n) is 3.35. The molecular weight excluding hydrogens is 325 g/mol. The summed E-state index contributed by atoms with van der Waals surface area (Å²) >= 11 is 5.93. The molecule has 1 aromatic carbocycles. The number of halogens is 2. The summed E-state index contributed by atoms with van der Waals surface area (Å²) in [6, 6.07) is 5.11. The number of aliphatic carboxylic acids is 1. The topological polar surface area (TPSA) is 84.2 Å². The van der Waals surface area contributed by atoms with Crippen LogP contribution in [0.5, 0.6) is 0 Å². The van der Waals surface area contributed by atoms with Crippen molar-refractivity contribution in [2.24, 2.45) is 0 Å². The molecule has 8 heteroatoms. The van der Waals surface area contributed by atoms with E-state index in [1.807, 2.05) is 0 Å². The van der Waals surface area contributed by atoms with Gasteiger partial charge in [-0.25, -0.2) is 4.39 Å². The molecule has 0 saturated heterocycles. The van der Waals surface area contributed by atoms with E-state index in [9.17, 15) is 19.1 Å². The summed E-state index contributed by atoms with van der Waals surface area (Å²) in [5.41, 5.74) is 0.576. The molecule has 1 heterocycles. The second-order valence-electron chi connectivity index (χ2n) is 4.81. The average molecular weight is 340 g/mol. The molecule has 122 valence electrons. The maximum absolute atomic E-state index is 12.9. The predicted octanol–water partition coefficient (Wildman–Crippen LogP) is 2.29. The number of amides is 1. The number of hydrogen-bond donors (Lipinski definition) is 2. The van der Waals surface area contributed by atoms with E-state index < -0.39 is 23.6 Å². The number of hydrogen-bond acceptors (Lipinski definition) is 3. The monoisotopic (exact) mass is 339 g/mol. The number of carbonyl (C=O) groups is 2. The molecule has 0 saturated carbocycles. The summed E-state index contributed by atoms with van der Waals surface area (Å²) in [7, 11) is 0. The van der Waals surface area contributed by atoms with E-state index in [0.717, 1.165) is 0 Å². The first-order chi connectivity index (χ1) is 10.9. The van der Waals surface area contributed by atoms with Crippen LogP contribution in [0.25, 0.3) is 0 Å². The van der Waals surface area contributed by atoms with E-state index in [1.165, 1.54) is 35.1 Å². The van der Waals surface area contributed by atoms with E-state index in [2.05, 4.69) is 10.4 Å². The Labute approximate surface area is 136 Å². The number of nitrogens with zero attached hydrogens (tertiary/aromatic N) is 2. The Hall–Kier alpha value is -2.41. The zero-order valence-corrected chi connectivity index (χ0v) is 13.0. The first-order valence-corrected chi connectivity index (χ1v) is 7.29. The fourth-order valence-corrected chi connectivity index (χ4v) is 2.38. The van der Waals surface area contributed by atoms with Crippen LogP contribution < -0.4 is 5.32 Å². The molecule has 0 radical (unpaired) electrons. The van der Waals surface area contributed by atoms with Gasteiger partial charge in [0.05, 0.1) is 17.1 Å². The summed E-state index contributed by atoms with van der Waals surface area (Å²) in [6.45, 7) is 2.11. The van der Waals surface area contributed by atoms with Gasteiger partial charge in [0.2, 0.25) is 0 Å². The Kier molecular flexibility index (Phi) is 5.33. The second kappa shape index (κ2) is 7.23. The Balaban J connectivity index is 2.13. The van der Waals surface area contributed by atoms with E-state index in [-0.39, 0.29) is 17.3 Å². The lowest BCUT2D eigenvalue weighted by Gasteiger charge is -2.14. The van der Waals surface area contributed by atoms with Gasteiger partial charge in [-0.15, -0.1) is 0 Å². The fourth-order valence-electron chi connectivity index (χ4n) is 2.15. The van der Waals surface area contributed by atoms with E-state index >= 15 is 0 Å². The molecule has 1 aromatic heterocycles. The van der Waals surface area contributed by atoms with Gasteiger partial charge < -0.3 is 10.4 Å². The number of aromatic nitrogens is 2. The molecule has 2 rings (SSSR count). The summed E-state index contributed by atoms with van der Waals surface area (Å²) in [4.78, 5) is 23.6. The smallest absolute Gasteiger partial charge is 0.312 e. The minimum absolute atomic E-state index is 0.148. The van der Waals surface area contributed by atoms with Gasteiger partial charge in [0.15, 0.2) is 0 Å². The maximum Gasteiger partial charge on any atom is 0.312 e. The molecule has 0 aliphatic carbocycles. The van der Waals surface area contributed by atoms with Gasteiger partial charge in [-0.1, -0.05) is 23.7 Å². The number of benzene rings is 1. The second-order valence-corrected chi connectivity index (χ2v) is 5.22. The normalized spacial score (nSPS) is 12.0. The fraction of sp³-hybridized carbons (Fsp3) is 0.267. The Bertz CT molecular complexity index is 715. The number of aryl methyl sites for hydroxylation is 1. The SMILES string of the molecule is CCn1ncc(Cl)c1C(=O)NCC(C(=O)O)c1ccc(F)cc1. The van der Waals surface area contributed by atoms with Crippen LogP contribution in [0.1, 0.15) is 28.9 Å². The van der Waals surface area contributed by atoms with Crippen LogP contribution in [-0.2, 0) is 11.3 Å². The number of carboxylic acids is 1. The summed E-state index contributed by atoms with van der Waals surface area (Å²) in [6.07, 6.45) is 1.36. The molecule has 23 heavy (non-hydrogen) atoms. The lowest BCUT2D eigenvalue weighted by atomic mass is 9.99. The van der Waals surface area contributed by atoms with Crippen molar-refractivity contribution in [1.29, 1.82) is 0 Å². The average Bonchev–Trinajstić information content (AvgIpc) is 2.89. The number of carbonyl (C=O) groups excluding carboxylic acids is 1. The quantitative estimate of drug-likeness (QED) is 0.845. The van der Waals surface area contributed by atoms with Crippen LogP contribution in [0.3, 0.4) is 0 Å². The molecule has 0 fully saturated rings. The molecule has 0 spiro atoms. The lowest BCUT2D eigenvalue weighted by molar-refractivity contribution is -0.138. The number of rotatable bonds is 6. The van der Waals surface area contributed by atoms with E-state index in [4.69, 9.17) is 11.6 Å². The van der Waals surface area contributed by atoms with Crippen molar-refractivity contribution < 1.29 is 19.1 Å². The highest BCUT2D eigenvalue weighted by molar-refractivity contribution is 6.33. The van der Waals surface area contributed by atoms with Gasteiger partial charge in [-0.05, 0) is 24.6 Å². The summed E-state index contributed by atoms with van der Waals surface area (Å²) < 4.78 is 14.4. The molecule has 2 N–H and O–H groups in total. The van der Waals surface area contributed by atoms with Crippen LogP contribution in [0.15, 0.2) is 30.5 Å². The van der Waals surface area contributed by atoms with Crippen molar-refractivity contribution in [2.45, 2.75) is 19.4 Å². The third kappa shape index (κ3) is 3.87. The Morgan fingerprint density at radius 1 is 1.39 bits per heavy atom. The van der Waals surface area contributed by atoms with Crippen molar-refractivity contribution in [3.8, 4) is 0 Å². The van der Waals surface area contributed by atoms with Crippen molar-refractivity contribution in [2.75, 3.05) is 6.54 Å². The number of carboxylic acid groups (broad SMARTS) is 1. The van der Waals surface area contributed by atoms with E-state index in [1.54, 1.807) is 6.92 Å². The predicted molar refractivity (Wildman–Crippen MR) is 82.0 cm³/mol. The van der Waals surface area contributed by atoms with Crippen molar-refractivity contribution in [3.63, 3.8) is 0 Å². The molecule has 1 atom stereocenters. The largest absolute Gasteiger partial charge is 0.481 e. The van der Waals surface area contributed by atoms with E-state index in [0.29, 0.717) is 12.1 Å². The minimum Gasteiger partial charge on any atom is -0.481 e. The molecule has 0 aliphatic rings. The first kappa shape index (κ1) is 17.0. The van der Waals surface area contributed by atoms with Gasteiger partial charge >= 0.3 is 5.97 Å². The highest BCUT2D eigenvalue weighted by Crippen LogP contribution is 2.18. The molecule has 6 nitrogen and oxygen atoms in total. The molecule has 0 bridgehead atoms. The van der Waals surface area contributed by atoms with Crippen molar-refractivity contribution in [1.82, 2.24) is 15.1 Å². The van der Waals surface area contributed by atoms with Crippen LogP contribution in [0.4, 0.5) is 4.39 Å². The minimum atomic E-state index is -1.12. The van der Waals surface area contributed by atoms with Gasteiger partial charge in [-0.3, -0.25) is 14.3 Å². The summed E-state index contributed by atoms with van der Waals surface area (Å²) in [5, 5.41) is 16.0. The van der Waals surface area contributed by atoms with Crippen LogP contribution >= 0.6 is 11.6 Å². The van der Waals surface area contributed by atoms with Gasteiger partial charge in [0.1, 0.15) is 11.5 Å². The Morgan fingerprint density at radius 2 is 2.04 bits per heavy atom. The highest BCUT2D eigenvalue weighted by atomic mass is 35.5. The van der Waals surface area contributed by atoms with Crippen LogP contribution in [0.2, 0.25) is 5.02 Å². The number of nitrogens with one attached hydrogen (secondary N) is 1. The molecule has 1 unspecified atom stereocenters. The molecule has 2 aromatic rings. The standard InChI is InChI=1S/C15H15ClFN3O3/c1-2-20-13(12(16)8-19-20)14(21)18-7-11(15(22)23)9-3-5-10(17)6-4-9/h3-6,8,11H,2,7H2,1H3,(H,18,21)(H,22,23). The van der Waals surface area contributed by atoms with Crippen LogP contribution in [0, 0.1) is 5.82 Å². The Morgan fingerprint density at radius 3 is 2.61 bits per heavy atom. The first-order valence-electron chi connectivity index (χ1n) is 6.91. The van der Waals surface area contributed by atoms with Crippen molar-refractivity contribution >= 4 is 23.5 Å². The maximum atomic E-state index is 12.9. The zero-order valence-electron chi connectivity index (χ0n) is 12.3. The summed E-state index contributed by atoms with van der Waals surface area (Å²) in [5.74, 6) is -3.08. The van der Waals surface area contributed by atoms with Crippen molar-refractivity contribution in [3.05, 3.63) is 52.6 Å². The highest BCUT2D eigenvalue weighted by Gasteiger charge is 2.23. The van der Waals surface area contributed by atoms with Gasteiger partial charge in [0.25, 0.3) is 5.91 Å². The third-order valence-corrected chi connectivity index (χ3v) is 3.62. The van der Waals surface area contributed by atoms with Gasteiger partial charge in [-0.2, -0.15) is 5.10 Å². The molecule has 1 amide bonds.